The summed E-state index contributed by atoms with van der Waals surface area (Å²) < 4.78 is 13.8. The number of imidazole rings is 1. The van der Waals surface area contributed by atoms with Gasteiger partial charge in [-0.25, -0.2) is 14.4 Å². The van der Waals surface area contributed by atoms with Crippen LogP contribution in [0.4, 0.5) is 4.39 Å². The summed E-state index contributed by atoms with van der Waals surface area (Å²) in [5.41, 5.74) is 3.89. The number of benzene rings is 1. The van der Waals surface area contributed by atoms with Crippen LogP contribution >= 0.6 is 11.6 Å². The van der Waals surface area contributed by atoms with Crippen molar-refractivity contribution in [2.45, 2.75) is 44.4 Å². The van der Waals surface area contributed by atoms with Crippen LogP contribution < -0.4 is 0 Å². The molecular weight excluding hydrogens is 387 g/mol. The summed E-state index contributed by atoms with van der Waals surface area (Å²) in [7, 11) is 0. The van der Waals surface area contributed by atoms with Crippen molar-refractivity contribution in [1.29, 1.82) is 0 Å². The Morgan fingerprint density at radius 2 is 1.90 bits per heavy atom. The van der Waals surface area contributed by atoms with Gasteiger partial charge in [-0.05, 0) is 67.3 Å². The predicted octanol–water partition coefficient (Wildman–Crippen LogP) is 6.38. The molecule has 3 heterocycles. The number of rotatable bonds is 3. The molecule has 0 amide bonds. The Morgan fingerprint density at radius 1 is 1.07 bits per heavy atom. The van der Waals surface area contributed by atoms with Gasteiger partial charge in [0.1, 0.15) is 16.8 Å². The SMILES string of the molecule is CC(c1nc2cc(Cl)ncc2[nH]1)C1CCC(c2ccnc3ccc(F)cc23)CC1. The lowest BCUT2D eigenvalue weighted by Crippen LogP contribution is -2.19. The number of halogens is 2. The van der Waals surface area contributed by atoms with E-state index in [1.165, 1.54) is 11.6 Å². The molecule has 1 aromatic carbocycles. The largest absolute Gasteiger partial charge is 0.340 e. The van der Waals surface area contributed by atoms with Gasteiger partial charge in [0.2, 0.25) is 0 Å². The highest BCUT2D eigenvalue weighted by molar-refractivity contribution is 6.29. The number of aromatic amines is 1. The Kier molecular flexibility index (Phi) is 4.70. The monoisotopic (exact) mass is 408 g/mol. The van der Waals surface area contributed by atoms with Crippen molar-refractivity contribution in [2.24, 2.45) is 5.92 Å². The van der Waals surface area contributed by atoms with Crippen molar-refractivity contribution in [3.63, 3.8) is 0 Å². The van der Waals surface area contributed by atoms with Crippen LogP contribution in [0.3, 0.4) is 0 Å². The third kappa shape index (κ3) is 3.48. The first-order chi connectivity index (χ1) is 14.1. The van der Waals surface area contributed by atoms with Crippen LogP contribution in [0, 0.1) is 11.7 Å². The van der Waals surface area contributed by atoms with Crippen LogP contribution in [0.25, 0.3) is 21.9 Å². The van der Waals surface area contributed by atoms with Crippen molar-refractivity contribution < 1.29 is 4.39 Å². The molecule has 5 rings (SSSR count). The zero-order valence-electron chi connectivity index (χ0n) is 16.2. The van der Waals surface area contributed by atoms with Crippen LogP contribution in [0.1, 0.15) is 55.8 Å². The summed E-state index contributed by atoms with van der Waals surface area (Å²) in [4.78, 5) is 16.7. The number of nitrogens with zero attached hydrogens (tertiary/aromatic N) is 3. The summed E-state index contributed by atoms with van der Waals surface area (Å²) in [6.07, 6.45) is 8.03. The van der Waals surface area contributed by atoms with E-state index in [1.807, 2.05) is 6.20 Å². The molecule has 6 heteroatoms. The molecule has 4 nitrogen and oxygen atoms in total. The average Bonchev–Trinajstić information content (AvgIpc) is 3.16. The fourth-order valence-corrected chi connectivity index (χ4v) is 4.92. The van der Waals surface area contributed by atoms with E-state index < -0.39 is 0 Å². The zero-order valence-corrected chi connectivity index (χ0v) is 17.0. The molecule has 3 aromatic heterocycles. The summed E-state index contributed by atoms with van der Waals surface area (Å²) >= 11 is 5.99. The molecule has 1 aliphatic carbocycles. The standard InChI is InChI=1S/C23H22ClFN4/c1-13(23-28-20-11-22(24)27-12-21(20)29-23)14-2-4-15(5-3-14)17-8-9-26-19-7-6-16(25)10-18(17)19/h6-15H,2-5H2,1H3,(H,28,29). The van der Waals surface area contributed by atoms with Gasteiger partial charge in [-0.2, -0.15) is 0 Å². The highest BCUT2D eigenvalue weighted by atomic mass is 35.5. The van der Waals surface area contributed by atoms with Gasteiger partial charge in [0.05, 0.1) is 22.7 Å². The summed E-state index contributed by atoms with van der Waals surface area (Å²) in [5.74, 6) is 2.16. The fraction of sp³-hybridized carbons (Fsp3) is 0.348. The second kappa shape index (κ2) is 7.38. The number of nitrogens with one attached hydrogen (secondary N) is 1. The topological polar surface area (TPSA) is 54.5 Å². The van der Waals surface area contributed by atoms with Gasteiger partial charge < -0.3 is 4.98 Å². The van der Waals surface area contributed by atoms with Crippen LogP contribution in [0.5, 0.6) is 0 Å². The maximum absolute atomic E-state index is 13.8. The molecule has 0 saturated heterocycles. The van der Waals surface area contributed by atoms with Gasteiger partial charge in [-0.3, -0.25) is 4.98 Å². The van der Waals surface area contributed by atoms with E-state index in [-0.39, 0.29) is 5.82 Å². The van der Waals surface area contributed by atoms with E-state index in [4.69, 9.17) is 16.6 Å². The van der Waals surface area contributed by atoms with Gasteiger partial charge in [0.25, 0.3) is 0 Å². The van der Waals surface area contributed by atoms with Crippen molar-refractivity contribution >= 4 is 33.5 Å². The van der Waals surface area contributed by atoms with Gasteiger partial charge in [-0.1, -0.05) is 18.5 Å². The molecule has 0 aliphatic heterocycles. The second-order valence-corrected chi connectivity index (χ2v) is 8.50. The van der Waals surface area contributed by atoms with E-state index in [0.29, 0.717) is 22.9 Å². The lowest BCUT2D eigenvalue weighted by Gasteiger charge is -2.32. The van der Waals surface area contributed by atoms with E-state index in [9.17, 15) is 4.39 Å². The Hall–Kier alpha value is -2.53. The Labute approximate surface area is 173 Å². The Bertz CT molecular complexity index is 1180. The molecule has 148 valence electrons. The summed E-state index contributed by atoms with van der Waals surface area (Å²) in [6, 6.07) is 8.73. The molecule has 1 unspecified atom stereocenters. The summed E-state index contributed by atoms with van der Waals surface area (Å²) in [5, 5.41) is 1.41. The highest BCUT2D eigenvalue weighted by Crippen LogP contribution is 2.42. The van der Waals surface area contributed by atoms with E-state index >= 15 is 0 Å². The first-order valence-corrected chi connectivity index (χ1v) is 10.5. The fourth-order valence-electron chi connectivity index (χ4n) is 4.77. The molecule has 29 heavy (non-hydrogen) atoms. The molecule has 4 aromatic rings. The van der Waals surface area contributed by atoms with E-state index in [2.05, 4.69) is 27.9 Å². The van der Waals surface area contributed by atoms with Crippen LogP contribution in [-0.4, -0.2) is 19.9 Å². The number of hydrogen-bond donors (Lipinski definition) is 1. The van der Waals surface area contributed by atoms with E-state index in [0.717, 1.165) is 53.4 Å². The highest BCUT2D eigenvalue weighted by Gasteiger charge is 2.29. The number of aromatic nitrogens is 4. The molecule has 1 saturated carbocycles. The van der Waals surface area contributed by atoms with Gasteiger partial charge in [0.15, 0.2) is 0 Å². The minimum Gasteiger partial charge on any atom is -0.340 e. The molecule has 1 aliphatic rings. The smallest absolute Gasteiger partial charge is 0.131 e. The number of pyridine rings is 2. The van der Waals surface area contributed by atoms with Crippen LogP contribution in [-0.2, 0) is 0 Å². The van der Waals surface area contributed by atoms with Crippen molar-refractivity contribution in [3.8, 4) is 0 Å². The lowest BCUT2D eigenvalue weighted by molar-refractivity contribution is 0.286. The van der Waals surface area contributed by atoms with Crippen LogP contribution in [0.2, 0.25) is 5.15 Å². The zero-order chi connectivity index (χ0) is 20.0. The average molecular weight is 409 g/mol. The van der Waals surface area contributed by atoms with Gasteiger partial charge in [0, 0.05) is 23.6 Å². The normalized spacial score (nSPS) is 20.9. The predicted molar refractivity (Wildman–Crippen MR) is 114 cm³/mol. The summed E-state index contributed by atoms with van der Waals surface area (Å²) in [6.45, 7) is 2.24. The molecule has 0 radical (unpaired) electrons. The quantitative estimate of drug-likeness (QED) is 0.400. The maximum atomic E-state index is 13.8. The molecule has 1 atom stereocenters. The Balaban J connectivity index is 1.34. The minimum atomic E-state index is -0.200. The van der Waals surface area contributed by atoms with Gasteiger partial charge in [-0.15, -0.1) is 0 Å². The molecule has 1 fully saturated rings. The van der Waals surface area contributed by atoms with Crippen LogP contribution in [0.15, 0.2) is 42.7 Å². The maximum Gasteiger partial charge on any atom is 0.131 e. The van der Waals surface area contributed by atoms with Crippen molar-refractivity contribution in [2.75, 3.05) is 0 Å². The second-order valence-electron chi connectivity index (χ2n) is 8.11. The number of H-pyrrole nitrogens is 1. The van der Waals surface area contributed by atoms with Crippen molar-refractivity contribution in [1.82, 2.24) is 19.9 Å². The Morgan fingerprint density at radius 3 is 2.72 bits per heavy atom. The first-order valence-electron chi connectivity index (χ1n) is 10.1. The molecule has 0 spiro atoms. The molecular formula is C23H22ClFN4. The first kappa shape index (κ1) is 18.5. The minimum absolute atomic E-state index is 0.200. The van der Waals surface area contributed by atoms with Gasteiger partial charge >= 0.3 is 0 Å². The lowest BCUT2D eigenvalue weighted by atomic mass is 9.73. The number of hydrogen-bond acceptors (Lipinski definition) is 3. The third-order valence-corrected chi connectivity index (χ3v) is 6.65. The number of fused-ring (bicyclic) bond motifs is 2. The molecule has 1 N–H and O–H groups in total. The third-order valence-electron chi connectivity index (χ3n) is 6.44. The van der Waals surface area contributed by atoms with Crippen molar-refractivity contribution in [3.05, 3.63) is 65.1 Å². The van der Waals surface area contributed by atoms with E-state index in [1.54, 1.807) is 24.4 Å². The molecule has 0 bridgehead atoms.